The number of rotatable bonds is 3. The van der Waals surface area contributed by atoms with Gasteiger partial charge in [-0.3, -0.25) is 0 Å². The summed E-state index contributed by atoms with van der Waals surface area (Å²) in [4.78, 5) is 0. The summed E-state index contributed by atoms with van der Waals surface area (Å²) in [6.07, 6.45) is -5.74. The average Bonchev–Trinajstić information content (AvgIpc) is 3.09. The molecular weight excluding hydrogens is 618 g/mol. The third kappa shape index (κ3) is 3.86. The summed E-state index contributed by atoms with van der Waals surface area (Å²) in [5.74, 6) is -5.32. The SMILES string of the molecule is Fc1ccc(-c2c3ccccc3c(-c3ccc4ccc5c(C(F)(F)C(F)(F)F)ccc6ccc3c4c65)c3ccccc23)c2ccccc12. The molecule has 9 rings (SSSR count). The van der Waals surface area contributed by atoms with Crippen LogP contribution in [-0.4, -0.2) is 6.18 Å². The second kappa shape index (κ2) is 9.94. The summed E-state index contributed by atoms with van der Waals surface area (Å²) in [5, 5.41) is 7.99. The number of alkyl halides is 5. The molecule has 6 heteroatoms. The van der Waals surface area contributed by atoms with Crippen LogP contribution in [0.25, 0.3) is 86.9 Å². The van der Waals surface area contributed by atoms with Crippen LogP contribution >= 0.6 is 0 Å². The van der Waals surface area contributed by atoms with Crippen molar-refractivity contribution in [2.45, 2.75) is 12.1 Å². The molecule has 0 aliphatic carbocycles. The van der Waals surface area contributed by atoms with Gasteiger partial charge in [0.05, 0.1) is 0 Å². The van der Waals surface area contributed by atoms with Crippen molar-refractivity contribution in [3.05, 3.63) is 145 Å². The van der Waals surface area contributed by atoms with E-state index in [0.29, 0.717) is 21.5 Å². The van der Waals surface area contributed by atoms with Gasteiger partial charge in [0.1, 0.15) is 5.82 Å². The molecule has 0 saturated heterocycles. The van der Waals surface area contributed by atoms with E-state index in [4.69, 9.17) is 0 Å². The summed E-state index contributed by atoms with van der Waals surface area (Å²) >= 11 is 0. The Bertz CT molecular complexity index is 2700. The number of hydrogen-bond acceptors (Lipinski definition) is 0. The van der Waals surface area contributed by atoms with Crippen molar-refractivity contribution in [2.75, 3.05) is 0 Å². The molecular formula is C42H22F6. The molecule has 0 amide bonds. The molecule has 0 spiro atoms. The largest absolute Gasteiger partial charge is 0.458 e. The Morgan fingerprint density at radius 3 is 1.33 bits per heavy atom. The minimum atomic E-state index is -5.74. The first kappa shape index (κ1) is 28.6. The van der Waals surface area contributed by atoms with Crippen molar-refractivity contribution < 1.29 is 26.3 Å². The van der Waals surface area contributed by atoms with E-state index in [1.54, 1.807) is 18.2 Å². The zero-order valence-electron chi connectivity index (χ0n) is 25.0. The van der Waals surface area contributed by atoms with Crippen molar-refractivity contribution >= 4 is 64.6 Å². The lowest BCUT2D eigenvalue weighted by atomic mass is 9.82. The Kier molecular flexibility index (Phi) is 5.92. The van der Waals surface area contributed by atoms with Crippen LogP contribution in [0.1, 0.15) is 5.56 Å². The summed E-state index contributed by atoms with van der Waals surface area (Å²) in [5.41, 5.74) is 2.52. The fourth-order valence-electron chi connectivity index (χ4n) is 7.63. The molecule has 0 bridgehead atoms. The molecule has 48 heavy (non-hydrogen) atoms. The Labute approximate surface area is 269 Å². The molecule has 232 valence electrons. The van der Waals surface area contributed by atoms with Gasteiger partial charge in [-0.2, -0.15) is 22.0 Å². The van der Waals surface area contributed by atoms with Crippen molar-refractivity contribution in [2.24, 2.45) is 0 Å². The number of fused-ring (bicyclic) bond motifs is 3. The Morgan fingerprint density at radius 2 is 0.771 bits per heavy atom. The molecule has 9 aromatic rings. The van der Waals surface area contributed by atoms with Gasteiger partial charge in [0.25, 0.3) is 0 Å². The van der Waals surface area contributed by atoms with Crippen LogP contribution in [0.2, 0.25) is 0 Å². The second-order valence-electron chi connectivity index (χ2n) is 12.2. The highest BCUT2D eigenvalue weighted by Gasteiger charge is 2.59. The molecule has 9 aromatic carbocycles. The molecule has 0 N–H and O–H groups in total. The van der Waals surface area contributed by atoms with Crippen LogP contribution in [0, 0.1) is 5.82 Å². The Hall–Kier alpha value is -5.62. The van der Waals surface area contributed by atoms with Crippen molar-refractivity contribution in [3.63, 3.8) is 0 Å². The van der Waals surface area contributed by atoms with Gasteiger partial charge in [-0.25, -0.2) is 4.39 Å². The van der Waals surface area contributed by atoms with Crippen molar-refractivity contribution in [3.8, 4) is 22.3 Å². The van der Waals surface area contributed by atoms with Crippen molar-refractivity contribution in [1.82, 2.24) is 0 Å². The maximum Gasteiger partial charge on any atom is 0.458 e. The van der Waals surface area contributed by atoms with Gasteiger partial charge < -0.3 is 0 Å². The quantitative estimate of drug-likeness (QED) is 0.102. The summed E-state index contributed by atoms with van der Waals surface area (Å²) < 4.78 is 85.6. The third-order valence-corrected chi connectivity index (χ3v) is 9.70. The molecule has 0 saturated carbocycles. The van der Waals surface area contributed by atoms with Crippen LogP contribution in [0.4, 0.5) is 26.3 Å². The second-order valence-corrected chi connectivity index (χ2v) is 12.2. The van der Waals surface area contributed by atoms with E-state index in [2.05, 4.69) is 0 Å². The maximum atomic E-state index is 15.0. The third-order valence-electron chi connectivity index (χ3n) is 9.70. The summed E-state index contributed by atoms with van der Waals surface area (Å²) in [7, 11) is 0. The predicted octanol–water partition coefficient (Wildman–Crippen LogP) is 13.2. The van der Waals surface area contributed by atoms with Crippen LogP contribution in [0.15, 0.2) is 133 Å². The lowest BCUT2D eigenvalue weighted by Gasteiger charge is -2.23. The molecule has 0 radical (unpaired) electrons. The molecule has 0 nitrogen and oxygen atoms in total. The monoisotopic (exact) mass is 640 g/mol. The minimum Gasteiger partial charge on any atom is -0.206 e. The minimum absolute atomic E-state index is 0.127. The standard InChI is InChI=1S/C42H22F6/c43-36-22-20-31(25-7-1-2-8-26(25)36)39-27-9-3-5-11-29(27)40(30-12-6-4-10-28(30)39)33-18-14-23-15-19-34-35(41(44,45)42(46,47)48)21-16-24-13-17-32(33)37(23)38(24)34/h1-22H. The van der Waals surface area contributed by atoms with Gasteiger partial charge in [0.2, 0.25) is 0 Å². The van der Waals surface area contributed by atoms with Gasteiger partial charge in [0.15, 0.2) is 0 Å². The van der Waals surface area contributed by atoms with Crippen LogP contribution in [-0.2, 0) is 5.92 Å². The summed E-state index contributed by atoms with van der Waals surface area (Å²) in [6.45, 7) is 0. The molecule has 0 aromatic heterocycles. The lowest BCUT2D eigenvalue weighted by molar-refractivity contribution is -0.288. The number of benzene rings is 9. The van der Waals surface area contributed by atoms with E-state index in [9.17, 15) is 26.3 Å². The van der Waals surface area contributed by atoms with Crippen LogP contribution in [0.5, 0.6) is 0 Å². The fourth-order valence-corrected chi connectivity index (χ4v) is 7.63. The van der Waals surface area contributed by atoms with E-state index in [1.165, 1.54) is 18.2 Å². The smallest absolute Gasteiger partial charge is 0.206 e. The van der Waals surface area contributed by atoms with Crippen LogP contribution in [0.3, 0.4) is 0 Å². The molecule has 0 atom stereocenters. The van der Waals surface area contributed by atoms with E-state index >= 15 is 0 Å². The summed E-state index contributed by atoms with van der Waals surface area (Å²) in [6, 6.07) is 39.5. The highest BCUT2D eigenvalue weighted by atomic mass is 19.4. The van der Waals surface area contributed by atoms with E-state index in [1.807, 2.05) is 91.0 Å². The maximum absolute atomic E-state index is 15.0. The van der Waals surface area contributed by atoms with Crippen LogP contribution < -0.4 is 0 Å². The van der Waals surface area contributed by atoms with Gasteiger partial charge in [0, 0.05) is 10.9 Å². The zero-order chi connectivity index (χ0) is 32.9. The highest BCUT2D eigenvalue weighted by Crippen LogP contribution is 2.51. The Morgan fingerprint density at radius 1 is 0.354 bits per heavy atom. The zero-order valence-corrected chi connectivity index (χ0v) is 25.0. The number of hydrogen-bond donors (Lipinski definition) is 0. The normalized spacial score (nSPS) is 12.8. The van der Waals surface area contributed by atoms with Gasteiger partial charge >= 0.3 is 12.1 Å². The predicted molar refractivity (Wildman–Crippen MR) is 183 cm³/mol. The molecule has 0 aliphatic rings. The van der Waals surface area contributed by atoms with Gasteiger partial charge in [-0.05, 0) is 87.6 Å². The molecule has 0 fully saturated rings. The molecule has 0 heterocycles. The van der Waals surface area contributed by atoms with Crippen molar-refractivity contribution in [1.29, 1.82) is 0 Å². The lowest BCUT2D eigenvalue weighted by Crippen LogP contribution is -2.33. The molecule has 0 aliphatic heterocycles. The van der Waals surface area contributed by atoms with Gasteiger partial charge in [-0.1, -0.05) is 127 Å². The first-order valence-corrected chi connectivity index (χ1v) is 15.4. The van der Waals surface area contributed by atoms with Gasteiger partial charge in [-0.15, -0.1) is 0 Å². The number of halogens is 6. The average molecular weight is 641 g/mol. The van der Waals surface area contributed by atoms with E-state index in [0.717, 1.165) is 66.0 Å². The molecule has 0 unspecified atom stereocenters. The van der Waals surface area contributed by atoms with E-state index < -0.39 is 17.7 Å². The highest BCUT2D eigenvalue weighted by molar-refractivity contribution is 6.30. The Balaban J connectivity index is 1.41. The first-order chi connectivity index (χ1) is 23.1. The first-order valence-electron chi connectivity index (χ1n) is 15.4. The topological polar surface area (TPSA) is 0 Å². The van der Waals surface area contributed by atoms with E-state index in [-0.39, 0.29) is 11.2 Å². The fraction of sp³-hybridized carbons (Fsp3) is 0.0476.